The first-order valence-electron chi connectivity index (χ1n) is 10.4. The van der Waals surface area contributed by atoms with Gasteiger partial charge in [0.15, 0.2) is 0 Å². The van der Waals surface area contributed by atoms with Crippen molar-refractivity contribution in [3.8, 4) is 0 Å². The molecule has 3 rings (SSSR count). The molecule has 0 spiro atoms. The molecule has 0 unspecified atom stereocenters. The number of hydrogen-bond donors (Lipinski definition) is 1. The van der Waals surface area contributed by atoms with Crippen molar-refractivity contribution >= 4 is 50.7 Å². The summed E-state index contributed by atoms with van der Waals surface area (Å²) in [5, 5.41) is 2.93. The van der Waals surface area contributed by atoms with Crippen LogP contribution in [0.25, 0.3) is 0 Å². The lowest BCUT2D eigenvalue weighted by molar-refractivity contribution is -0.116. The maximum absolute atomic E-state index is 13.0. The molecule has 178 valence electrons. The second-order valence-corrected chi connectivity index (χ2v) is 10.5. The van der Waals surface area contributed by atoms with Gasteiger partial charge in [0.05, 0.1) is 11.6 Å². The molecule has 2 amide bonds. The zero-order valence-corrected chi connectivity index (χ0v) is 20.8. The van der Waals surface area contributed by atoms with Crippen molar-refractivity contribution in [3.63, 3.8) is 0 Å². The Labute approximate surface area is 204 Å². The van der Waals surface area contributed by atoms with Gasteiger partial charge in [0.2, 0.25) is 15.9 Å². The fourth-order valence-corrected chi connectivity index (χ4v) is 5.57. The summed E-state index contributed by atoms with van der Waals surface area (Å²) < 4.78 is 27.0. The molecule has 0 radical (unpaired) electrons. The first-order valence-corrected chi connectivity index (χ1v) is 12.6. The number of anilines is 1. The fraction of sp³-hybridized carbons (Fsp3) is 0.364. The minimum atomic E-state index is -4.02. The summed E-state index contributed by atoms with van der Waals surface area (Å²) in [6, 6.07) is 10.7. The molecule has 33 heavy (non-hydrogen) atoms. The van der Waals surface area contributed by atoms with Crippen LogP contribution in [0.1, 0.15) is 17.3 Å². The van der Waals surface area contributed by atoms with Crippen LogP contribution in [-0.2, 0) is 14.8 Å². The van der Waals surface area contributed by atoms with E-state index in [1.54, 1.807) is 36.1 Å². The number of carbonyl (C=O) groups is 2. The lowest BCUT2D eigenvalue weighted by atomic mass is 10.1. The van der Waals surface area contributed by atoms with Crippen LogP contribution < -0.4 is 5.32 Å². The second-order valence-electron chi connectivity index (χ2n) is 7.73. The lowest BCUT2D eigenvalue weighted by Gasteiger charge is -2.32. The normalized spacial score (nSPS) is 15.0. The number of benzene rings is 2. The van der Waals surface area contributed by atoms with E-state index in [-0.39, 0.29) is 27.4 Å². The Morgan fingerprint density at radius 1 is 1.03 bits per heavy atom. The van der Waals surface area contributed by atoms with Crippen LogP contribution in [0.4, 0.5) is 5.69 Å². The predicted octanol–water partition coefficient (Wildman–Crippen LogP) is 3.03. The molecule has 1 fully saturated rings. The SMILES string of the molecule is CCN(CC(=O)Nc1ccc(C(=O)N2CCN(C)CC2)cc1)S(=O)(=O)c1cc(Cl)ccc1Cl. The van der Waals surface area contributed by atoms with Crippen molar-refractivity contribution in [2.45, 2.75) is 11.8 Å². The van der Waals surface area contributed by atoms with Crippen LogP contribution in [0, 0.1) is 0 Å². The van der Waals surface area contributed by atoms with Crippen molar-refractivity contribution < 1.29 is 18.0 Å². The number of hydrogen-bond acceptors (Lipinski definition) is 5. The van der Waals surface area contributed by atoms with Crippen molar-refractivity contribution in [3.05, 3.63) is 58.1 Å². The molecule has 0 aliphatic carbocycles. The van der Waals surface area contributed by atoms with Gasteiger partial charge in [0.25, 0.3) is 5.91 Å². The molecule has 0 aromatic heterocycles. The molecule has 1 N–H and O–H groups in total. The number of halogens is 2. The third-order valence-electron chi connectivity index (χ3n) is 5.39. The summed E-state index contributed by atoms with van der Waals surface area (Å²) in [5.41, 5.74) is 0.995. The van der Waals surface area contributed by atoms with Gasteiger partial charge < -0.3 is 15.1 Å². The number of nitrogens with zero attached hydrogens (tertiary/aromatic N) is 3. The molecule has 0 bridgehead atoms. The average molecular weight is 513 g/mol. The van der Waals surface area contributed by atoms with Gasteiger partial charge in [-0.05, 0) is 49.5 Å². The first kappa shape index (κ1) is 25.5. The van der Waals surface area contributed by atoms with Gasteiger partial charge in [0, 0.05) is 49.0 Å². The third-order valence-corrected chi connectivity index (χ3v) is 8.03. The molecule has 1 saturated heterocycles. The van der Waals surface area contributed by atoms with Crippen LogP contribution in [0.15, 0.2) is 47.4 Å². The van der Waals surface area contributed by atoms with E-state index in [0.29, 0.717) is 24.3 Å². The Morgan fingerprint density at radius 3 is 2.27 bits per heavy atom. The standard InChI is InChI=1S/C22H26Cl2N4O4S/c1-3-28(33(31,32)20-14-17(23)6-9-19(20)24)15-21(29)25-18-7-4-16(5-8-18)22(30)27-12-10-26(2)11-13-27/h4-9,14H,3,10-13,15H2,1-2H3,(H,25,29). The number of nitrogens with one attached hydrogen (secondary N) is 1. The van der Waals surface area contributed by atoms with Gasteiger partial charge in [-0.2, -0.15) is 4.31 Å². The quantitative estimate of drug-likeness (QED) is 0.615. The largest absolute Gasteiger partial charge is 0.336 e. The summed E-state index contributed by atoms with van der Waals surface area (Å²) in [5.74, 6) is -0.570. The van der Waals surface area contributed by atoms with Crippen LogP contribution in [0.3, 0.4) is 0 Å². The topological polar surface area (TPSA) is 90.0 Å². The predicted molar refractivity (Wildman–Crippen MR) is 129 cm³/mol. The van der Waals surface area contributed by atoms with Gasteiger partial charge >= 0.3 is 0 Å². The van der Waals surface area contributed by atoms with Gasteiger partial charge in [-0.3, -0.25) is 9.59 Å². The van der Waals surface area contributed by atoms with Gasteiger partial charge in [0.1, 0.15) is 4.90 Å². The number of amides is 2. The highest BCUT2D eigenvalue weighted by atomic mass is 35.5. The molecule has 2 aromatic rings. The van der Waals surface area contributed by atoms with Crippen molar-refractivity contribution in [1.29, 1.82) is 0 Å². The van der Waals surface area contributed by atoms with E-state index in [0.717, 1.165) is 17.4 Å². The van der Waals surface area contributed by atoms with Gasteiger partial charge in [-0.15, -0.1) is 0 Å². The lowest BCUT2D eigenvalue weighted by Crippen LogP contribution is -2.47. The number of sulfonamides is 1. The first-order chi connectivity index (χ1) is 15.6. The van der Waals surface area contributed by atoms with Crippen LogP contribution in [-0.4, -0.2) is 80.7 Å². The van der Waals surface area contributed by atoms with E-state index < -0.39 is 22.5 Å². The maximum atomic E-state index is 13.0. The van der Waals surface area contributed by atoms with E-state index in [2.05, 4.69) is 10.2 Å². The molecular formula is C22H26Cl2N4O4S. The highest BCUT2D eigenvalue weighted by molar-refractivity contribution is 7.89. The van der Waals surface area contributed by atoms with E-state index in [1.807, 2.05) is 7.05 Å². The van der Waals surface area contributed by atoms with Crippen LogP contribution in [0.2, 0.25) is 10.0 Å². The molecular weight excluding hydrogens is 487 g/mol. The van der Waals surface area contributed by atoms with Crippen molar-refractivity contribution in [2.75, 3.05) is 51.6 Å². The number of rotatable bonds is 7. The number of likely N-dealkylation sites (N-methyl/N-ethyl adjacent to an activating group) is 2. The molecule has 8 nitrogen and oxygen atoms in total. The van der Waals surface area contributed by atoms with Crippen LogP contribution >= 0.6 is 23.2 Å². The van der Waals surface area contributed by atoms with Crippen molar-refractivity contribution in [2.24, 2.45) is 0 Å². The Bertz CT molecular complexity index is 1120. The monoisotopic (exact) mass is 512 g/mol. The molecule has 1 heterocycles. The Balaban J connectivity index is 1.64. The van der Waals surface area contributed by atoms with E-state index in [4.69, 9.17) is 23.2 Å². The second kappa shape index (κ2) is 10.8. The minimum absolute atomic E-state index is 0.0267. The summed E-state index contributed by atoms with van der Waals surface area (Å²) in [7, 11) is -2.00. The highest BCUT2D eigenvalue weighted by Gasteiger charge is 2.28. The number of carbonyl (C=O) groups excluding carboxylic acids is 2. The fourth-order valence-electron chi connectivity index (χ4n) is 3.43. The number of piperazine rings is 1. The van der Waals surface area contributed by atoms with E-state index >= 15 is 0 Å². The van der Waals surface area contributed by atoms with Crippen LogP contribution in [0.5, 0.6) is 0 Å². The Hall–Kier alpha value is -2.17. The summed E-state index contributed by atoms with van der Waals surface area (Å²) in [6.45, 7) is 4.30. The van der Waals surface area contributed by atoms with E-state index in [1.165, 1.54) is 18.2 Å². The molecule has 1 aliphatic heterocycles. The minimum Gasteiger partial charge on any atom is -0.336 e. The molecule has 0 atom stereocenters. The van der Waals surface area contributed by atoms with Gasteiger partial charge in [-0.25, -0.2) is 8.42 Å². The molecule has 0 saturated carbocycles. The summed E-state index contributed by atoms with van der Waals surface area (Å²) in [6.07, 6.45) is 0. The molecule has 2 aromatic carbocycles. The van der Waals surface area contributed by atoms with Crippen molar-refractivity contribution in [1.82, 2.24) is 14.1 Å². The average Bonchev–Trinajstić information content (AvgIpc) is 2.79. The maximum Gasteiger partial charge on any atom is 0.253 e. The summed E-state index contributed by atoms with van der Waals surface area (Å²) >= 11 is 12.0. The van der Waals surface area contributed by atoms with E-state index in [9.17, 15) is 18.0 Å². The zero-order valence-electron chi connectivity index (χ0n) is 18.4. The highest BCUT2D eigenvalue weighted by Crippen LogP contribution is 2.27. The summed E-state index contributed by atoms with van der Waals surface area (Å²) in [4.78, 5) is 29.0. The van der Waals surface area contributed by atoms with Gasteiger partial charge in [-0.1, -0.05) is 30.1 Å². The molecule has 11 heteroatoms. The third kappa shape index (κ3) is 6.24. The molecule has 1 aliphatic rings. The Kier molecular flexibility index (Phi) is 8.36. The zero-order chi connectivity index (χ0) is 24.2. The Morgan fingerprint density at radius 2 is 1.67 bits per heavy atom. The smallest absolute Gasteiger partial charge is 0.253 e.